The molecular formula is C59H72N4O10. The maximum Gasteiger partial charge on any atom is 0.333 e. The summed E-state index contributed by atoms with van der Waals surface area (Å²) in [7, 11) is 3.32. The van der Waals surface area contributed by atoms with Crippen molar-refractivity contribution in [1.82, 2.24) is 20.0 Å². The zero-order valence-corrected chi connectivity index (χ0v) is 44.2. The molecule has 2 spiro atoms. The van der Waals surface area contributed by atoms with Gasteiger partial charge in [-0.2, -0.15) is 0 Å². The van der Waals surface area contributed by atoms with Gasteiger partial charge >= 0.3 is 11.9 Å². The second kappa shape index (κ2) is 18.5. The number of benzene rings is 2. The minimum absolute atomic E-state index is 0.0409. The number of Topliss-reactive ketones (excluding diaryl/α,β-unsaturated/α-hetero) is 2. The van der Waals surface area contributed by atoms with Crippen LogP contribution in [0.3, 0.4) is 0 Å². The molecule has 2 aromatic rings. The lowest BCUT2D eigenvalue weighted by Crippen LogP contribution is -2.86. The molecule has 8 unspecified atom stereocenters. The monoisotopic (exact) mass is 997 g/mol. The number of amides is 1. The van der Waals surface area contributed by atoms with E-state index in [1.165, 1.54) is 12.7 Å². The molecular weight excluding hydrogens is 925 g/mol. The van der Waals surface area contributed by atoms with E-state index in [4.69, 9.17) is 18.9 Å². The Morgan fingerprint density at radius 3 is 2.33 bits per heavy atom. The van der Waals surface area contributed by atoms with Crippen molar-refractivity contribution in [3.05, 3.63) is 98.7 Å². The number of rotatable bonds is 13. The lowest BCUT2D eigenvalue weighted by atomic mass is 9.38. The molecule has 0 radical (unpaired) electrons. The van der Waals surface area contributed by atoms with Crippen LogP contribution in [0.1, 0.15) is 127 Å². The summed E-state index contributed by atoms with van der Waals surface area (Å²) in [4.78, 5) is 78.9. The average Bonchev–Trinajstić information content (AvgIpc) is 3.92. The first-order chi connectivity index (χ1) is 34.7. The van der Waals surface area contributed by atoms with Gasteiger partial charge in [0.15, 0.2) is 28.5 Å². The molecule has 5 fully saturated rings. The minimum atomic E-state index is -2.24. The van der Waals surface area contributed by atoms with E-state index in [2.05, 4.69) is 55.0 Å². The number of esters is 2. The highest BCUT2D eigenvalue weighted by Crippen LogP contribution is 2.75. The van der Waals surface area contributed by atoms with Gasteiger partial charge in [0.05, 0.1) is 36.3 Å². The Labute approximate surface area is 429 Å². The Morgan fingerprint density at radius 1 is 0.932 bits per heavy atom. The Bertz CT molecular complexity index is 2860. The number of methoxy groups -OCH3 is 1. The van der Waals surface area contributed by atoms with E-state index in [0.29, 0.717) is 84.8 Å². The van der Waals surface area contributed by atoms with Crippen molar-refractivity contribution in [2.75, 3.05) is 53.4 Å². The van der Waals surface area contributed by atoms with Crippen molar-refractivity contribution in [2.45, 2.75) is 123 Å². The number of ether oxygens (including phenoxy) is 4. The van der Waals surface area contributed by atoms with Crippen LogP contribution < -0.4 is 19.5 Å². The lowest BCUT2D eigenvalue weighted by molar-refractivity contribution is -0.286. The molecule has 9 aliphatic rings. The van der Waals surface area contributed by atoms with Gasteiger partial charge in [-0.1, -0.05) is 67.5 Å². The van der Waals surface area contributed by atoms with Gasteiger partial charge in [-0.25, -0.2) is 4.79 Å². The largest absolute Gasteiger partial charge is 0.482 e. The van der Waals surface area contributed by atoms with E-state index in [0.717, 1.165) is 36.3 Å². The molecule has 2 N–H and O–H groups in total. The van der Waals surface area contributed by atoms with E-state index in [9.17, 15) is 19.5 Å². The zero-order valence-electron chi connectivity index (χ0n) is 44.2. The molecule has 3 saturated carbocycles. The third kappa shape index (κ3) is 7.70. The molecule has 2 aromatic carbocycles. The maximum absolute atomic E-state index is 15.9. The molecule has 14 nitrogen and oxygen atoms in total. The number of allylic oxidation sites excluding steroid dienone is 5. The molecule has 5 aliphatic heterocycles. The van der Waals surface area contributed by atoms with Gasteiger partial charge in [-0.15, -0.1) is 0 Å². The SMILES string of the molecule is COC(=O)/C(C)=C\CC1(O)C(=O)C2CC(C(C)C)C13Oc1c(CC=C(C)C)c4c(c(OC(=O)CCC(=O)N5CCN(C)CC5)c1C15NCCN1C1=C(C(=O)c6ccccc61)C2C53)C=CC(C)(CCC=C(C)C)O4. The van der Waals surface area contributed by atoms with Crippen molar-refractivity contribution in [3.63, 3.8) is 0 Å². The van der Waals surface area contributed by atoms with Gasteiger partial charge in [0.2, 0.25) is 5.91 Å². The lowest BCUT2D eigenvalue weighted by Gasteiger charge is -2.73. The molecule has 1 amide bonds. The quantitative estimate of drug-likeness (QED) is 0.0869. The number of nitrogens with one attached hydrogen (secondary N) is 1. The van der Waals surface area contributed by atoms with E-state index in [1.54, 1.807) is 17.9 Å². The van der Waals surface area contributed by atoms with Gasteiger partial charge in [-0.3, -0.25) is 24.5 Å². The highest BCUT2D eigenvalue weighted by atomic mass is 16.6. The first kappa shape index (κ1) is 50.7. The molecule has 4 aliphatic carbocycles. The normalized spacial score (nSPS) is 30.4. The average molecular weight is 997 g/mol. The second-order valence-corrected chi connectivity index (χ2v) is 22.8. The van der Waals surface area contributed by atoms with Gasteiger partial charge in [-0.05, 0) is 92.3 Å². The van der Waals surface area contributed by atoms with E-state index < -0.39 is 63.9 Å². The predicted octanol–water partition coefficient (Wildman–Crippen LogP) is 7.72. The number of hydrogen-bond acceptors (Lipinski definition) is 13. The summed E-state index contributed by atoms with van der Waals surface area (Å²) in [5.41, 5.74) is 0.569. The number of piperazine rings is 1. The van der Waals surface area contributed by atoms with Crippen LogP contribution in [0.15, 0.2) is 70.9 Å². The number of fused-ring (bicyclic) bond motifs is 7. The molecule has 8 atom stereocenters. The number of aliphatic hydroxyl groups is 1. The van der Waals surface area contributed by atoms with Crippen LogP contribution in [0.4, 0.5) is 0 Å². The standard InChI is InChI=1S/C59H72N4O10/c1-33(2)14-13-23-56(8)24-22-40-50(72-56)39(18-17-34(3)4)52-47(51(40)71-44(65)20-19-43(64)62-30-28-61(9)29-31-62)59-53-45(46-48(63(59)27-26-60-59)37-15-11-12-16-38(37)49(46)66)41-32-42(35(5)6)58(53,73-52)57(69,54(41)67)25-21-36(7)55(68)70-10/h11-12,14-17,21-22,24,35,41-42,45,53,60,69H,13,18-20,23,25-32H2,1-10H3/b36-21-. The summed E-state index contributed by atoms with van der Waals surface area (Å²) in [6.45, 7) is 19.5. The molecule has 388 valence electrons. The van der Waals surface area contributed by atoms with E-state index >= 15 is 9.59 Å². The van der Waals surface area contributed by atoms with Crippen LogP contribution in [0.25, 0.3) is 11.8 Å². The fourth-order valence-corrected chi connectivity index (χ4v) is 14.0. The maximum atomic E-state index is 15.9. The molecule has 5 heterocycles. The first-order valence-electron chi connectivity index (χ1n) is 26.4. The topological polar surface area (TPSA) is 164 Å². The van der Waals surface area contributed by atoms with Crippen molar-refractivity contribution < 1.29 is 48.0 Å². The van der Waals surface area contributed by atoms with Crippen molar-refractivity contribution in [2.24, 2.45) is 29.6 Å². The third-order valence-electron chi connectivity index (χ3n) is 17.5. The minimum Gasteiger partial charge on any atom is -0.482 e. The molecule has 11 rings (SSSR count). The second-order valence-electron chi connectivity index (χ2n) is 22.8. The Hall–Kier alpha value is -5.83. The Morgan fingerprint density at radius 2 is 1.64 bits per heavy atom. The van der Waals surface area contributed by atoms with Crippen LogP contribution in [-0.4, -0.2) is 119 Å². The predicted molar refractivity (Wildman–Crippen MR) is 276 cm³/mol. The summed E-state index contributed by atoms with van der Waals surface area (Å²) in [5, 5.41) is 18.1. The van der Waals surface area contributed by atoms with E-state index in [-0.39, 0.29) is 48.2 Å². The Kier molecular flexibility index (Phi) is 12.9. The number of likely N-dealkylation sites (N-methyl/N-ethyl adjacent to an activating group) is 1. The van der Waals surface area contributed by atoms with Crippen LogP contribution in [0, 0.1) is 29.6 Å². The van der Waals surface area contributed by atoms with Gasteiger partial charge in [0.1, 0.15) is 22.8 Å². The summed E-state index contributed by atoms with van der Waals surface area (Å²) in [5.74, 6) is -3.93. The summed E-state index contributed by atoms with van der Waals surface area (Å²) in [6.07, 6.45) is 11.4. The number of ketones is 2. The van der Waals surface area contributed by atoms with E-state index in [1.807, 2.05) is 64.2 Å². The molecule has 2 saturated heterocycles. The highest BCUT2D eigenvalue weighted by Gasteiger charge is 2.84. The zero-order chi connectivity index (χ0) is 52.1. The number of nitrogens with zero attached hydrogens (tertiary/aromatic N) is 3. The van der Waals surface area contributed by atoms with Gasteiger partial charge in [0.25, 0.3) is 0 Å². The highest BCUT2D eigenvalue weighted by molar-refractivity contribution is 6.22. The van der Waals surface area contributed by atoms with Crippen LogP contribution >= 0.6 is 0 Å². The summed E-state index contributed by atoms with van der Waals surface area (Å²) >= 11 is 0. The van der Waals surface area contributed by atoms with Crippen molar-refractivity contribution in [3.8, 4) is 17.2 Å². The van der Waals surface area contributed by atoms with Gasteiger partial charge in [0, 0.05) is 97.7 Å². The smallest absolute Gasteiger partial charge is 0.333 e. The number of hydrogen-bond donors (Lipinski definition) is 2. The summed E-state index contributed by atoms with van der Waals surface area (Å²) < 4.78 is 27.3. The number of carbonyl (C=O) groups is 5. The van der Waals surface area contributed by atoms with Crippen LogP contribution in [-0.2, 0) is 36.0 Å². The Balaban J connectivity index is 1.27. The van der Waals surface area contributed by atoms with Crippen LogP contribution in [0.2, 0.25) is 0 Å². The fraction of sp³-hybridized carbons (Fsp3) is 0.542. The summed E-state index contributed by atoms with van der Waals surface area (Å²) in [6, 6.07) is 7.59. The fourth-order valence-electron chi connectivity index (χ4n) is 14.0. The van der Waals surface area contributed by atoms with Gasteiger partial charge < -0.3 is 38.8 Å². The molecule has 0 aromatic heterocycles. The molecule has 2 bridgehead atoms. The van der Waals surface area contributed by atoms with Crippen LogP contribution in [0.5, 0.6) is 17.2 Å². The first-order valence-corrected chi connectivity index (χ1v) is 26.4. The third-order valence-corrected chi connectivity index (χ3v) is 17.5. The molecule has 73 heavy (non-hydrogen) atoms. The van der Waals surface area contributed by atoms with Crippen molar-refractivity contribution in [1.29, 1.82) is 0 Å². The number of carbonyl (C=O) groups excluding carboxylic acids is 5. The van der Waals surface area contributed by atoms with Crippen molar-refractivity contribution >= 4 is 41.2 Å². The molecule has 14 heteroatoms.